The highest BCUT2D eigenvalue weighted by Gasteiger charge is 2.29. The number of sulfonamides is 1. The van der Waals surface area contributed by atoms with Gasteiger partial charge < -0.3 is 19.5 Å². The van der Waals surface area contributed by atoms with E-state index >= 15 is 0 Å². The van der Waals surface area contributed by atoms with Crippen LogP contribution in [0.2, 0.25) is 0 Å². The number of nitrogens with one attached hydrogen (secondary N) is 1. The summed E-state index contributed by atoms with van der Waals surface area (Å²) in [6.45, 7) is 5.18. The Balaban J connectivity index is 2.05. The Morgan fingerprint density at radius 1 is 0.771 bits per heavy atom. The van der Waals surface area contributed by atoms with Crippen molar-refractivity contribution in [2.24, 2.45) is 0 Å². The molecule has 1 amide bonds. The second-order valence-corrected chi connectivity index (χ2v) is 9.99. The van der Waals surface area contributed by atoms with Crippen LogP contribution >= 0.6 is 0 Å². The van der Waals surface area contributed by atoms with E-state index in [4.69, 9.17) is 14.2 Å². The van der Waals surface area contributed by atoms with Crippen molar-refractivity contribution in [3.05, 3.63) is 71.3 Å². The van der Waals surface area contributed by atoms with Gasteiger partial charge >= 0.3 is 0 Å². The molecule has 0 unspecified atom stereocenters. The van der Waals surface area contributed by atoms with E-state index in [1.165, 1.54) is 39.5 Å². The molecule has 0 aliphatic carbocycles. The van der Waals surface area contributed by atoms with Crippen molar-refractivity contribution >= 4 is 27.3 Å². The molecule has 0 bridgehead atoms. The molecule has 3 aromatic rings. The summed E-state index contributed by atoms with van der Waals surface area (Å²) in [5.41, 5.74) is 3.50. The third-order valence-electron chi connectivity index (χ3n) is 5.35. The summed E-state index contributed by atoms with van der Waals surface area (Å²) in [5.74, 6) is 0.623. The molecule has 35 heavy (non-hydrogen) atoms. The summed E-state index contributed by atoms with van der Waals surface area (Å²) in [6, 6.07) is 15.1. The second kappa shape index (κ2) is 10.7. The van der Waals surface area contributed by atoms with Crippen LogP contribution in [0.25, 0.3) is 0 Å². The number of aryl methyl sites for hydroxylation is 3. The zero-order chi connectivity index (χ0) is 25.8. The highest BCUT2D eigenvalue weighted by atomic mass is 32.2. The molecule has 0 atom stereocenters. The number of carbonyl (C=O) groups is 1. The molecule has 0 aliphatic rings. The number of hydrogen-bond donors (Lipinski definition) is 1. The number of carbonyl (C=O) groups excluding carboxylic acids is 1. The topological polar surface area (TPSA) is 94.2 Å². The number of ether oxygens (including phenoxy) is 3. The zero-order valence-corrected chi connectivity index (χ0v) is 21.5. The quantitative estimate of drug-likeness (QED) is 0.468. The molecule has 3 rings (SSSR count). The monoisotopic (exact) mass is 498 g/mol. The number of amides is 1. The molecule has 1 N–H and O–H groups in total. The fourth-order valence-corrected chi connectivity index (χ4v) is 5.17. The summed E-state index contributed by atoms with van der Waals surface area (Å²) in [4.78, 5) is 13.1. The van der Waals surface area contributed by atoms with Gasteiger partial charge in [0.25, 0.3) is 10.0 Å². The molecule has 8 nitrogen and oxygen atoms in total. The first-order valence-electron chi connectivity index (χ1n) is 10.9. The van der Waals surface area contributed by atoms with Crippen LogP contribution in [0, 0.1) is 20.8 Å². The third kappa shape index (κ3) is 5.86. The van der Waals surface area contributed by atoms with Crippen molar-refractivity contribution in [1.29, 1.82) is 0 Å². The smallest absolute Gasteiger partial charge is 0.264 e. The Kier molecular flexibility index (Phi) is 7.91. The predicted octanol–water partition coefficient (Wildman–Crippen LogP) is 4.47. The zero-order valence-electron chi connectivity index (χ0n) is 20.7. The summed E-state index contributed by atoms with van der Waals surface area (Å²) >= 11 is 0. The van der Waals surface area contributed by atoms with Crippen LogP contribution in [0.15, 0.2) is 59.5 Å². The van der Waals surface area contributed by atoms with E-state index in [0.717, 1.165) is 21.0 Å². The van der Waals surface area contributed by atoms with Crippen LogP contribution in [0.3, 0.4) is 0 Å². The Bertz CT molecular complexity index is 1320. The van der Waals surface area contributed by atoms with Crippen molar-refractivity contribution < 1.29 is 27.4 Å². The highest BCUT2D eigenvalue weighted by Crippen LogP contribution is 2.33. The molecular formula is C26H30N2O6S. The maximum absolute atomic E-state index is 13.8. The Hall–Kier alpha value is -3.72. The van der Waals surface area contributed by atoms with Gasteiger partial charge in [-0.3, -0.25) is 9.10 Å². The first kappa shape index (κ1) is 25.9. The van der Waals surface area contributed by atoms with Gasteiger partial charge in [0.15, 0.2) is 11.5 Å². The molecule has 0 radical (unpaired) electrons. The van der Waals surface area contributed by atoms with E-state index in [0.29, 0.717) is 22.9 Å². The van der Waals surface area contributed by atoms with E-state index in [-0.39, 0.29) is 10.6 Å². The molecule has 0 saturated heterocycles. The summed E-state index contributed by atoms with van der Waals surface area (Å²) in [5, 5.41) is 2.78. The first-order chi connectivity index (χ1) is 16.6. The average molecular weight is 499 g/mol. The number of rotatable bonds is 9. The lowest BCUT2D eigenvalue weighted by molar-refractivity contribution is -0.114. The van der Waals surface area contributed by atoms with E-state index in [1.807, 2.05) is 32.9 Å². The van der Waals surface area contributed by atoms with Gasteiger partial charge in [0, 0.05) is 6.07 Å². The molecule has 0 aliphatic heterocycles. The van der Waals surface area contributed by atoms with Crippen LogP contribution in [0.5, 0.6) is 17.2 Å². The van der Waals surface area contributed by atoms with Crippen LogP contribution < -0.4 is 23.8 Å². The van der Waals surface area contributed by atoms with Crippen molar-refractivity contribution in [2.75, 3.05) is 37.5 Å². The molecule has 0 saturated carbocycles. The van der Waals surface area contributed by atoms with Gasteiger partial charge in [-0.2, -0.15) is 0 Å². The Morgan fingerprint density at radius 3 is 1.97 bits per heavy atom. The molecule has 0 aromatic heterocycles. The standard InChI is InChI=1S/C26H30N2O6S/c1-17-7-9-23(32-4)22(14-17)27-26(29)16-28(20-12-18(2)11-19(3)13-20)35(30,31)21-8-10-24(33-5)25(15-21)34-6/h7-15H,16H2,1-6H3,(H,27,29). The Labute approximate surface area is 206 Å². The first-order valence-corrected chi connectivity index (χ1v) is 12.3. The largest absolute Gasteiger partial charge is 0.495 e. The maximum Gasteiger partial charge on any atom is 0.264 e. The minimum atomic E-state index is -4.15. The molecule has 3 aromatic carbocycles. The number of benzene rings is 3. The van der Waals surface area contributed by atoms with Gasteiger partial charge in [0.05, 0.1) is 37.6 Å². The number of nitrogens with zero attached hydrogens (tertiary/aromatic N) is 1. The van der Waals surface area contributed by atoms with Gasteiger partial charge in [0.2, 0.25) is 5.91 Å². The maximum atomic E-state index is 13.8. The van der Waals surface area contributed by atoms with Gasteiger partial charge in [-0.15, -0.1) is 0 Å². The van der Waals surface area contributed by atoms with Crippen molar-refractivity contribution in [3.8, 4) is 17.2 Å². The molecule has 9 heteroatoms. The van der Waals surface area contributed by atoms with Crippen molar-refractivity contribution in [2.45, 2.75) is 25.7 Å². The normalized spacial score (nSPS) is 11.0. The van der Waals surface area contributed by atoms with Crippen LogP contribution in [0.1, 0.15) is 16.7 Å². The van der Waals surface area contributed by atoms with Gasteiger partial charge in [-0.25, -0.2) is 8.42 Å². The summed E-state index contributed by atoms with van der Waals surface area (Å²) < 4.78 is 44.6. The SMILES string of the molecule is COc1ccc(C)cc1NC(=O)CN(c1cc(C)cc(C)c1)S(=O)(=O)c1ccc(OC)c(OC)c1. The van der Waals surface area contributed by atoms with Gasteiger partial charge in [-0.05, 0) is 73.9 Å². The van der Waals surface area contributed by atoms with Crippen LogP contribution in [-0.4, -0.2) is 42.2 Å². The minimum Gasteiger partial charge on any atom is -0.495 e. The van der Waals surface area contributed by atoms with Crippen LogP contribution in [0.4, 0.5) is 11.4 Å². The van der Waals surface area contributed by atoms with Gasteiger partial charge in [0.1, 0.15) is 12.3 Å². The van der Waals surface area contributed by atoms with E-state index in [1.54, 1.807) is 24.3 Å². The fraction of sp³-hybridized carbons (Fsp3) is 0.269. The molecule has 0 fully saturated rings. The second-order valence-electron chi connectivity index (χ2n) is 8.13. The number of hydrogen-bond acceptors (Lipinski definition) is 6. The molecule has 186 valence electrons. The van der Waals surface area contributed by atoms with Gasteiger partial charge in [-0.1, -0.05) is 12.1 Å². The van der Waals surface area contributed by atoms with E-state index < -0.39 is 22.5 Å². The number of anilines is 2. The lowest BCUT2D eigenvalue weighted by Gasteiger charge is -2.25. The fourth-order valence-electron chi connectivity index (χ4n) is 3.75. The van der Waals surface area contributed by atoms with E-state index in [2.05, 4.69) is 5.32 Å². The lowest BCUT2D eigenvalue weighted by Crippen LogP contribution is -2.38. The summed E-state index contributed by atoms with van der Waals surface area (Å²) in [7, 11) is 0.252. The van der Waals surface area contributed by atoms with Crippen LogP contribution in [-0.2, 0) is 14.8 Å². The highest BCUT2D eigenvalue weighted by molar-refractivity contribution is 7.92. The Morgan fingerprint density at radius 2 is 1.37 bits per heavy atom. The lowest BCUT2D eigenvalue weighted by atomic mass is 10.1. The average Bonchev–Trinajstić information content (AvgIpc) is 2.81. The summed E-state index contributed by atoms with van der Waals surface area (Å²) in [6.07, 6.45) is 0. The minimum absolute atomic E-state index is 0.0322. The molecule has 0 spiro atoms. The molecular weight excluding hydrogens is 468 g/mol. The predicted molar refractivity (Wildman–Crippen MR) is 136 cm³/mol. The number of methoxy groups -OCH3 is 3. The van der Waals surface area contributed by atoms with Crippen molar-refractivity contribution in [3.63, 3.8) is 0 Å². The van der Waals surface area contributed by atoms with Crippen molar-refractivity contribution in [1.82, 2.24) is 0 Å². The molecule has 0 heterocycles. The van der Waals surface area contributed by atoms with E-state index in [9.17, 15) is 13.2 Å². The third-order valence-corrected chi connectivity index (χ3v) is 7.12.